The Morgan fingerprint density at radius 2 is 1.84 bits per heavy atom. The van der Waals surface area contributed by atoms with Gasteiger partial charge in [0, 0.05) is 29.5 Å². The highest BCUT2D eigenvalue weighted by Crippen LogP contribution is 2.45. The fraction of sp³-hybridized carbons (Fsp3) is 0.595. The number of aromatic nitrogens is 1. The van der Waals surface area contributed by atoms with Crippen LogP contribution in [0, 0.1) is 17.8 Å². The minimum atomic E-state index is -3.83. The van der Waals surface area contributed by atoms with Crippen LogP contribution in [0.2, 0.25) is 0 Å². The van der Waals surface area contributed by atoms with Gasteiger partial charge in [-0.15, -0.1) is 6.58 Å². The van der Waals surface area contributed by atoms with Gasteiger partial charge in [0.05, 0.1) is 17.9 Å². The number of alkyl carbamates (subject to hydrolysis) is 1. The number of carbonyl (C=O) groups excluding carboxylic acids is 4. The van der Waals surface area contributed by atoms with E-state index in [9.17, 15) is 32.7 Å². The molecule has 1 aliphatic heterocycles. The van der Waals surface area contributed by atoms with Gasteiger partial charge in [0.2, 0.25) is 27.7 Å². The molecule has 0 radical (unpaired) electrons. The second-order valence-corrected chi connectivity index (χ2v) is 18.4. The number of pyridine rings is 1. The number of ether oxygens (including phenoxy) is 2. The smallest absolute Gasteiger partial charge is 0.408 e. The molecular formula is C42H55N5O9S. The molecular weight excluding hydrogens is 751 g/mol. The third-order valence-electron chi connectivity index (χ3n) is 12.6. The van der Waals surface area contributed by atoms with E-state index in [0.717, 1.165) is 69.6 Å². The zero-order valence-corrected chi connectivity index (χ0v) is 33.4. The molecule has 4 aliphatic carbocycles. The zero-order valence-electron chi connectivity index (χ0n) is 32.6. The molecule has 6 atom stereocenters. The molecule has 1 saturated heterocycles. The number of nitrogens with zero attached hydrogens (tertiary/aromatic N) is 2. The lowest BCUT2D eigenvalue weighted by molar-refractivity contribution is -0.142. The summed E-state index contributed by atoms with van der Waals surface area (Å²) >= 11 is 0. The number of allylic oxidation sites excluding steroid dienone is 1. The summed E-state index contributed by atoms with van der Waals surface area (Å²) in [5, 5.41) is 16.5. The van der Waals surface area contributed by atoms with Crippen LogP contribution in [0.1, 0.15) is 102 Å². The van der Waals surface area contributed by atoms with Crippen molar-refractivity contribution < 1.29 is 42.2 Å². The summed E-state index contributed by atoms with van der Waals surface area (Å²) in [7, 11) is -2.24. The topological polar surface area (TPSA) is 193 Å². The first-order chi connectivity index (χ1) is 27.4. The van der Waals surface area contributed by atoms with Gasteiger partial charge in [-0.2, -0.15) is 0 Å². The summed E-state index contributed by atoms with van der Waals surface area (Å²) in [6, 6.07) is 5.71. The second-order valence-electron chi connectivity index (χ2n) is 16.5. The number of nitrogens with one attached hydrogen (secondary N) is 3. The molecule has 0 bridgehead atoms. The van der Waals surface area contributed by atoms with Gasteiger partial charge in [0.15, 0.2) is 0 Å². The second kappa shape index (κ2) is 17.1. The molecule has 1 aromatic carbocycles. The maximum absolute atomic E-state index is 14.3. The first-order valence-electron chi connectivity index (χ1n) is 20.5. The van der Waals surface area contributed by atoms with Crippen LogP contribution in [0.15, 0.2) is 43.0 Å². The molecule has 57 heavy (non-hydrogen) atoms. The van der Waals surface area contributed by atoms with E-state index in [1.54, 1.807) is 13.2 Å². The van der Waals surface area contributed by atoms with E-state index in [2.05, 4.69) is 26.9 Å². The van der Waals surface area contributed by atoms with E-state index in [0.29, 0.717) is 49.1 Å². The van der Waals surface area contributed by atoms with Crippen LogP contribution in [0.5, 0.6) is 11.6 Å². The van der Waals surface area contributed by atoms with E-state index in [1.807, 2.05) is 30.4 Å². The van der Waals surface area contributed by atoms with Crippen molar-refractivity contribution in [2.75, 3.05) is 13.7 Å². The van der Waals surface area contributed by atoms with Crippen molar-refractivity contribution >= 4 is 50.8 Å². The Bertz CT molecular complexity index is 2010. The van der Waals surface area contributed by atoms with E-state index in [-0.39, 0.29) is 36.1 Å². The monoisotopic (exact) mass is 805 g/mol. The highest BCUT2D eigenvalue weighted by Gasteiger charge is 2.61. The van der Waals surface area contributed by atoms with Gasteiger partial charge < -0.3 is 30.1 Å². The number of hydrogen-bond donors (Lipinski definition) is 4. The molecule has 0 spiro atoms. The standard InChI is InChI=1S/C42H55N5O9S/c1-3-30-25-42(30,40(51)46-57(53,54)32-20-21-32)45-38(49)34-16-10-22-47(34)39(50)36(27-12-7-8-13-27)44-41(52)56-35-17-9-15-26(35)11-5-4-6-14-29-23-28-18-19-31(55-2)24-33(28)43-37(29)48/h3,6,14,18-19,23-24,26-27,30,32,34-36H,1,4-5,7-13,15-17,20-22,25H2,2H3,(H,43,48)(H,44,52)(H,45,49)(H,46,51)/b14-6+/t26-,30+,34-,35-,36?,42+/m0/s1. The molecule has 1 unspecified atom stereocenters. The Kier molecular flexibility index (Phi) is 12.1. The van der Waals surface area contributed by atoms with E-state index < -0.39 is 56.7 Å². The predicted octanol–water partition coefficient (Wildman–Crippen LogP) is 5.25. The van der Waals surface area contributed by atoms with E-state index in [4.69, 9.17) is 9.47 Å². The molecule has 1 aromatic heterocycles. The average molecular weight is 806 g/mol. The molecule has 5 fully saturated rings. The van der Waals surface area contributed by atoms with Crippen molar-refractivity contribution in [3.63, 3.8) is 0 Å². The quantitative estimate of drug-likeness (QED) is 0.129. The Labute approximate surface area is 334 Å². The summed E-state index contributed by atoms with van der Waals surface area (Å²) in [6.45, 7) is 4.08. The number of methoxy groups -OCH3 is 1. The number of sulfonamides is 1. The molecule has 308 valence electrons. The van der Waals surface area contributed by atoms with E-state index in [1.165, 1.54) is 11.0 Å². The number of rotatable bonds is 16. The average Bonchev–Trinajstić information content (AvgIpc) is 3.95. The number of benzene rings is 1. The molecule has 4 N–H and O–H groups in total. The molecule has 5 aliphatic rings. The Morgan fingerprint density at radius 3 is 2.56 bits per heavy atom. The minimum absolute atomic E-state index is 0.0450. The van der Waals surface area contributed by atoms with Crippen LogP contribution in [0.25, 0.3) is 17.0 Å². The molecule has 4 saturated carbocycles. The summed E-state index contributed by atoms with van der Waals surface area (Å²) in [6.07, 6.45) is 15.2. The number of aromatic hydroxyl groups is 1. The minimum Gasteiger partial charge on any atom is -0.497 e. The fourth-order valence-electron chi connectivity index (χ4n) is 9.07. The SMILES string of the molecule is C=C[C@@H]1C[C@]1(NC(=O)[C@@H]1CCCN1C(=O)C(NC(=O)O[C@H]1CCC[C@@H]1CCC/C=C/c1cc2ccc(OC)cc2nc1O)C1CCCC1)C(=O)NS(=O)(=O)C1CC1. The van der Waals surface area contributed by atoms with Gasteiger partial charge in [0.25, 0.3) is 5.91 Å². The summed E-state index contributed by atoms with van der Waals surface area (Å²) in [4.78, 5) is 60.7. The van der Waals surface area contributed by atoms with Gasteiger partial charge >= 0.3 is 6.09 Å². The predicted molar refractivity (Wildman–Crippen MR) is 213 cm³/mol. The fourth-order valence-corrected chi connectivity index (χ4v) is 10.4. The number of hydrogen-bond acceptors (Lipinski definition) is 10. The molecule has 14 nitrogen and oxygen atoms in total. The van der Waals surface area contributed by atoms with Crippen LogP contribution in [-0.2, 0) is 29.1 Å². The maximum Gasteiger partial charge on any atom is 0.408 e. The number of fused-ring (bicyclic) bond motifs is 1. The Balaban J connectivity index is 0.931. The van der Waals surface area contributed by atoms with Crippen molar-refractivity contribution in [1.82, 2.24) is 25.2 Å². The molecule has 2 aromatic rings. The first kappa shape index (κ1) is 40.5. The van der Waals surface area contributed by atoms with Gasteiger partial charge in [-0.3, -0.25) is 19.1 Å². The van der Waals surface area contributed by atoms with Crippen molar-refractivity contribution in [3.8, 4) is 11.6 Å². The number of amides is 4. The Hall–Kier alpha value is -4.66. The first-order valence-corrected chi connectivity index (χ1v) is 22.1. The number of carbonyl (C=O) groups is 4. The van der Waals surface area contributed by atoms with Crippen LogP contribution in [-0.4, -0.2) is 89.9 Å². The number of likely N-dealkylation sites (tertiary alicyclic amines) is 1. The summed E-state index contributed by atoms with van der Waals surface area (Å²) in [5.74, 6) is -1.36. The van der Waals surface area contributed by atoms with Crippen LogP contribution in [0.3, 0.4) is 0 Å². The highest BCUT2D eigenvalue weighted by atomic mass is 32.2. The van der Waals surface area contributed by atoms with E-state index >= 15 is 0 Å². The number of unbranched alkanes of at least 4 members (excludes halogenated alkanes) is 1. The van der Waals surface area contributed by atoms with Gasteiger partial charge in [-0.1, -0.05) is 31.1 Å². The van der Waals surface area contributed by atoms with Crippen molar-refractivity contribution in [2.45, 2.75) is 125 Å². The van der Waals surface area contributed by atoms with Crippen LogP contribution < -0.4 is 20.1 Å². The lowest BCUT2D eigenvalue weighted by Crippen LogP contribution is -2.59. The lowest BCUT2D eigenvalue weighted by Gasteiger charge is -2.32. The summed E-state index contributed by atoms with van der Waals surface area (Å²) < 4.78 is 38.6. The largest absolute Gasteiger partial charge is 0.497 e. The van der Waals surface area contributed by atoms with Crippen molar-refractivity contribution in [1.29, 1.82) is 0 Å². The molecule has 2 heterocycles. The van der Waals surface area contributed by atoms with Gasteiger partial charge in [-0.05, 0) is 114 Å². The normalized spacial score (nSPS) is 26.6. The maximum atomic E-state index is 14.3. The third kappa shape index (κ3) is 9.08. The molecule has 7 rings (SSSR count). The molecule has 4 amide bonds. The van der Waals surface area contributed by atoms with Crippen molar-refractivity contribution in [2.24, 2.45) is 17.8 Å². The van der Waals surface area contributed by atoms with Crippen LogP contribution >= 0.6 is 0 Å². The summed E-state index contributed by atoms with van der Waals surface area (Å²) in [5.41, 5.74) is -0.151. The van der Waals surface area contributed by atoms with Gasteiger partial charge in [0.1, 0.15) is 29.5 Å². The zero-order chi connectivity index (χ0) is 40.3. The van der Waals surface area contributed by atoms with Crippen LogP contribution in [0.4, 0.5) is 4.79 Å². The lowest BCUT2D eigenvalue weighted by atomic mass is 9.96. The molecule has 15 heteroatoms. The van der Waals surface area contributed by atoms with Crippen molar-refractivity contribution in [3.05, 3.63) is 48.6 Å². The highest BCUT2D eigenvalue weighted by molar-refractivity contribution is 7.91. The van der Waals surface area contributed by atoms with Gasteiger partial charge in [-0.25, -0.2) is 18.2 Å². The third-order valence-corrected chi connectivity index (χ3v) is 14.4. The Morgan fingerprint density at radius 1 is 1.05 bits per heavy atom.